The first-order chi connectivity index (χ1) is 7.54. The normalized spacial score (nSPS) is 8.12. The number of hydrogen-bond acceptors (Lipinski definition) is 6. The molecule has 0 aliphatic carbocycles. The van der Waals surface area contributed by atoms with E-state index in [4.69, 9.17) is 9.47 Å². The largest absolute Gasteiger partial charge is 2.00 e. The monoisotopic (exact) mass is 322 g/mol. The van der Waals surface area contributed by atoms with Crippen LogP contribution in [0.2, 0.25) is 0 Å². The van der Waals surface area contributed by atoms with E-state index in [1.54, 1.807) is 0 Å². The topological polar surface area (TPSA) is 18.5 Å². The van der Waals surface area contributed by atoms with Crippen LogP contribution in [0.5, 0.6) is 0 Å². The fourth-order valence-corrected chi connectivity index (χ4v) is 0.933. The molecule has 0 saturated heterocycles. The predicted octanol–water partition coefficient (Wildman–Crippen LogP) is 2.89. The number of thiocarbonyl (C=S) groups is 2. The van der Waals surface area contributed by atoms with Gasteiger partial charge in [-0.25, -0.2) is 0 Å². The summed E-state index contributed by atoms with van der Waals surface area (Å²) in [5.74, 6) is 0. The van der Waals surface area contributed by atoms with E-state index >= 15 is 0 Å². The van der Waals surface area contributed by atoms with Gasteiger partial charge < -0.3 is 59.2 Å². The molecule has 0 fully saturated rings. The number of rotatable bonds is 6. The van der Waals surface area contributed by atoms with Crippen LogP contribution in [0.25, 0.3) is 0 Å². The zero-order valence-corrected chi connectivity index (χ0v) is 15.1. The zero-order chi connectivity index (χ0) is 12.8. The van der Waals surface area contributed by atoms with E-state index in [0.29, 0.717) is 13.2 Å². The van der Waals surface area contributed by atoms with Gasteiger partial charge in [0.2, 0.25) is 0 Å². The molecule has 0 heterocycles. The van der Waals surface area contributed by atoms with Gasteiger partial charge in [-0.1, -0.05) is 26.7 Å². The van der Waals surface area contributed by atoms with Crippen molar-refractivity contribution in [3.8, 4) is 0 Å². The van der Waals surface area contributed by atoms with E-state index in [2.05, 4.69) is 63.5 Å². The Morgan fingerprint density at radius 2 is 1.18 bits per heavy atom. The molecule has 0 aromatic heterocycles. The second-order valence-electron chi connectivity index (χ2n) is 2.90. The maximum Gasteiger partial charge on any atom is 2.00 e. The summed E-state index contributed by atoms with van der Waals surface area (Å²) in [6.07, 6.45) is 4.32. The van der Waals surface area contributed by atoms with Crippen molar-refractivity contribution in [3.63, 3.8) is 0 Å². The molecule has 7 heteroatoms. The number of unbranched alkanes of at least 4 members (excludes halogenated alkanes) is 2. The van der Waals surface area contributed by atoms with Gasteiger partial charge in [-0.15, -0.1) is 0 Å². The molecule has 0 atom stereocenters. The molecule has 0 aromatic rings. The average Bonchev–Trinajstić information content (AvgIpc) is 2.18. The molecule has 0 unspecified atom stereocenters. The Hall–Kier alpha value is 0.986. The molecule has 0 amide bonds. The molecule has 0 saturated carbocycles. The van der Waals surface area contributed by atoms with Crippen molar-refractivity contribution >= 4 is 81.5 Å². The van der Waals surface area contributed by atoms with Crippen molar-refractivity contribution in [1.82, 2.24) is 0 Å². The van der Waals surface area contributed by atoms with Crippen LogP contribution in [0.1, 0.15) is 39.5 Å². The van der Waals surface area contributed by atoms with Gasteiger partial charge in [0, 0.05) is 8.77 Å². The standard InChI is InChI=1S/2C5H10OS2.Mg/c2*1-2-3-4-6-5(7)8;/h2*2-4H2,1H3,(H,7,8);/q;;+2/p-2. The van der Waals surface area contributed by atoms with E-state index in [1.165, 1.54) is 0 Å². The molecule has 2 nitrogen and oxygen atoms in total. The third-order valence-electron chi connectivity index (χ3n) is 1.44. The smallest absolute Gasteiger partial charge is 0.514 e. The van der Waals surface area contributed by atoms with Crippen LogP contribution < -0.4 is 0 Å². The Morgan fingerprint density at radius 3 is 1.35 bits per heavy atom. The van der Waals surface area contributed by atoms with Gasteiger partial charge in [0.05, 0.1) is 13.2 Å². The molecular weight excluding hydrogens is 305 g/mol. The van der Waals surface area contributed by atoms with E-state index in [1.807, 2.05) is 0 Å². The first-order valence-electron chi connectivity index (χ1n) is 5.22. The summed E-state index contributed by atoms with van der Waals surface area (Å²) in [4.78, 5) is 0. The van der Waals surface area contributed by atoms with Crippen molar-refractivity contribution in [2.45, 2.75) is 39.5 Å². The van der Waals surface area contributed by atoms with Crippen LogP contribution in [0.4, 0.5) is 0 Å². The average molecular weight is 323 g/mol. The summed E-state index contributed by atoms with van der Waals surface area (Å²) in [6.45, 7) is 5.54. The fourth-order valence-electron chi connectivity index (χ4n) is 0.600. The van der Waals surface area contributed by atoms with Crippen LogP contribution in [0.15, 0.2) is 0 Å². The summed E-state index contributed by atoms with van der Waals surface area (Å²) in [7, 11) is 0. The van der Waals surface area contributed by atoms with Gasteiger partial charge in [0.25, 0.3) is 0 Å². The first kappa shape index (κ1) is 23.1. The molecule has 17 heavy (non-hydrogen) atoms. The third kappa shape index (κ3) is 31.6. The summed E-state index contributed by atoms with van der Waals surface area (Å²) >= 11 is 18.0. The van der Waals surface area contributed by atoms with Crippen LogP contribution >= 0.6 is 24.4 Å². The van der Waals surface area contributed by atoms with Crippen LogP contribution in [-0.4, -0.2) is 45.0 Å². The summed E-state index contributed by atoms with van der Waals surface area (Å²) < 4.78 is 10.1. The summed E-state index contributed by atoms with van der Waals surface area (Å²) in [5.41, 5.74) is 0. The van der Waals surface area contributed by atoms with Crippen molar-refractivity contribution in [3.05, 3.63) is 0 Å². The minimum atomic E-state index is 0. The summed E-state index contributed by atoms with van der Waals surface area (Å²) in [6, 6.07) is 0. The number of ether oxygens (including phenoxy) is 2. The molecular formula is C10H18MgO2S4. The van der Waals surface area contributed by atoms with Gasteiger partial charge in [-0.2, -0.15) is 0 Å². The Morgan fingerprint density at radius 1 is 0.882 bits per heavy atom. The van der Waals surface area contributed by atoms with Crippen molar-refractivity contribution < 1.29 is 9.47 Å². The van der Waals surface area contributed by atoms with Crippen molar-refractivity contribution in [1.29, 1.82) is 0 Å². The molecule has 0 spiro atoms. The second-order valence-corrected chi connectivity index (χ2v) is 4.90. The molecule has 0 radical (unpaired) electrons. The molecule has 96 valence electrons. The van der Waals surface area contributed by atoms with Crippen LogP contribution in [0.3, 0.4) is 0 Å². The number of hydrogen-bond donors (Lipinski definition) is 0. The Kier molecular flexibility index (Phi) is 26.3. The summed E-state index contributed by atoms with van der Waals surface area (Å²) in [5, 5.41) is 0. The van der Waals surface area contributed by atoms with Crippen molar-refractivity contribution in [2.75, 3.05) is 13.2 Å². The third-order valence-corrected chi connectivity index (χ3v) is 1.91. The first-order valence-corrected chi connectivity index (χ1v) is 6.85. The molecule has 0 bridgehead atoms. The fraction of sp³-hybridized carbons (Fsp3) is 0.800. The van der Waals surface area contributed by atoms with Gasteiger partial charge in [-0.05, 0) is 12.8 Å². The van der Waals surface area contributed by atoms with E-state index < -0.39 is 0 Å². The zero-order valence-electron chi connectivity index (χ0n) is 10.4. The molecule has 0 aromatic carbocycles. The van der Waals surface area contributed by atoms with E-state index in [9.17, 15) is 0 Å². The molecule has 0 aliphatic rings. The Balaban J connectivity index is -0.000000218. The van der Waals surface area contributed by atoms with Gasteiger partial charge in [-0.3, -0.25) is 0 Å². The maximum absolute atomic E-state index is 4.83. The van der Waals surface area contributed by atoms with Crippen LogP contribution in [-0.2, 0) is 34.7 Å². The van der Waals surface area contributed by atoms with E-state index in [0.717, 1.165) is 25.7 Å². The minimum Gasteiger partial charge on any atom is -0.514 e. The Labute approximate surface area is 143 Å². The maximum atomic E-state index is 4.83. The quantitative estimate of drug-likeness (QED) is 0.322. The Bertz CT molecular complexity index is 171. The van der Waals surface area contributed by atoms with Crippen LogP contribution in [0, 0.1) is 0 Å². The molecule has 0 aliphatic heterocycles. The van der Waals surface area contributed by atoms with Gasteiger partial charge in [0.15, 0.2) is 0 Å². The van der Waals surface area contributed by atoms with E-state index in [-0.39, 0.29) is 31.8 Å². The predicted molar refractivity (Wildman–Crippen MR) is 87.4 cm³/mol. The molecule has 0 rings (SSSR count). The molecule has 0 N–H and O–H groups in total. The second kappa shape index (κ2) is 19.3. The SMILES string of the molecule is CCCCOC(=S)[S-].CCCCOC(=S)[S-].[Mg+2]. The van der Waals surface area contributed by atoms with Crippen molar-refractivity contribution in [2.24, 2.45) is 0 Å². The van der Waals surface area contributed by atoms with Gasteiger partial charge in [0.1, 0.15) is 0 Å². The van der Waals surface area contributed by atoms with Gasteiger partial charge >= 0.3 is 23.1 Å². The minimum absolute atomic E-state index is 0.